The Hall–Kier alpha value is -1.64. The first-order valence-corrected chi connectivity index (χ1v) is 4.78. The topological polar surface area (TPSA) is 54.4 Å². The van der Waals surface area contributed by atoms with Crippen LogP contribution in [0.1, 0.15) is 30.6 Å². The molecule has 0 aliphatic heterocycles. The third-order valence-electron chi connectivity index (χ3n) is 1.52. The first-order chi connectivity index (χ1) is 7.06. The molecular formula is C12H16O3. The summed E-state index contributed by atoms with van der Waals surface area (Å²) in [5.41, 5.74) is 0.729. The van der Waals surface area contributed by atoms with Crippen molar-refractivity contribution in [1.82, 2.24) is 0 Å². The molecule has 0 saturated heterocycles. The molecule has 0 saturated carbocycles. The number of aldehydes is 1. The average Bonchev–Trinajstić information content (AvgIpc) is 2.18. The SMILES string of the molecule is CC(C)CC(=O)O.O=Cc1ccccc1. The molecule has 0 aliphatic carbocycles. The number of hydrogen-bond acceptors (Lipinski definition) is 2. The van der Waals surface area contributed by atoms with Gasteiger partial charge in [-0.1, -0.05) is 44.2 Å². The number of hydrogen-bond donors (Lipinski definition) is 1. The van der Waals surface area contributed by atoms with Gasteiger partial charge in [0.15, 0.2) is 0 Å². The van der Waals surface area contributed by atoms with Gasteiger partial charge in [0.05, 0.1) is 0 Å². The van der Waals surface area contributed by atoms with Crippen molar-refractivity contribution in [2.75, 3.05) is 0 Å². The van der Waals surface area contributed by atoms with Gasteiger partial charge < -0.3 is 5.11 Å². The molecule has 0 spiro atoms. The number of carbonyl (C=O) groups is 2. The summed E-state index contributed by atoms with van der Waals surface area (Å²) in [5, 5.41) is 8.08. The maximum absolute atomic E-state index is 10.0. The Kier molecular flexibility index (Phi) is 6.89. The molecule has 82 valence electrons. The predicted molar refractivity (Wildman–Crippen MR) is 58.9 cm³/mol. The molecule has 1 rings (SSSR count). The molecule has 0 radical (unpaired) electrons. The van der Waals surface area contributed by atoms with Crippen LogP contribution in [-0.2, 0) is 4.79 Å². The van der Waals surface area contributed by atoms with Crippen molar-refractivity contribution in [3.05, 3.63) is 35.9 Å². The van der Waals surface area contributed by atoms with Gasteiger partial charge in [0.2, 0.25) is 0 Å². The minimum Gasteiger partial charge on any atom is -0.481 e. The smallest absolute Gasteiger partial charge is 0.303 e. The normalized spacial score (nSPS) is 9.00. The van der Waals surface area contributed by atoms with Crippen LogP contribution in [0.2, 0.25) is 0 Å². The van der Waals surface area contributed by atoms with Crippen LogP contribution in [0.15, 0.2) is 30.3 Å². The van der Waals surface area contributed by atoms with E-state index < -0.39 is 5.97 Å². The van der Waals surface area contributed by atoms with Crippen molar-refractivity contribution in [1.29, 1.82) is 0 Å². The molecular weight excluding hydrogens is 192 g/mol. The summed E-state index contributed by atoms with van der Waals surface area (Å²) >= 11 is 0. The highest BCUT2D eigenvalue weighted by molar-refractivity contribution is 5.74. The zero-order valence-electron chi connectivity index (χ0n) is 9.01. The lowest BCUT2D eigenvalue weighted by atomic mass is 10.1. The Balaban J connectivity index is 0.000000265. The average molecular weight is 208 g/mol. The van der Waals surface area contributed by atoms with E-state index in [-0.39, 0.29) is 12.3 Å². The van der Waals surface area contributed by atoms with Gasteiger partial charge in [-0.25, -0.2) is 0 Å². The maximum Gasteiger partial charge on any atom is 0.303 e. The second-order valence-electron chi connectivity index (χ2n) is 3.52. The molecule has 1 aromatic rings. The van der Waals surface area contributed by atoms with Crippen molar-refractivity contribution in [2.45, 2.75) is 20.3 Å². The zero-order valence-corrected chi connectivity index (χ0v) is 9.01. The number of benzene rings is 1. The van der Waals surface area contributed by atoms with Crippen LogP contribution in [0.4, 0.5) is 0 Å². The van der Waals surface area contributed by atoms with Gasteiger partial charge in [-0.05, 0) is 5.92 Å². The van der Waals surface area contributed by atoms with Gasteiger partial charge in [-0.2, -0.15) is 0 Å². The van der Waals surface area contributed by atoms with Gasteiger partial charge in [-0.3, -0.25) is 9.59 Å². The molecule has 0 aliphatic rings. The van der Waals surface area contributed by atoms with Gasteiger partial charge in [0, 0.05) is 12.0 Å². The molecule has 0 amide bonds. The molecule has 0 unspecified atom stereocenters. The Morgan fingerprint density at radius 3 is 2.07 bits per heavy atom. The number of carboxylic acids is 1. The van der Waals surface area contributed by atoms with Gasteiger partial charge >= 0.3 is 5.97 Å². The van der Waals surface area contributed by atoms with E-state index in [9.17, 15) is 9.59 Å². The quantitative estimate of drug-likeness (QED) is 0.777. The van der Waals surface area contributed by atoms with E-state index >= 15 is 0 Å². The Morgan fingerprint density at radius 1 is 1.33 bits per heavy atom. The molecule has 1 N–H and O–H groups in total. The Bertz CT molecular complexity index is 291. The van der Waals surface area contributed by atoms with Crippen molar-refractivity contribution < 1.29 is 14.7 Å². The van der Waals surface area contributed by atoms with Crippen molar-refractivity contribution in [3.8, 4) is 0 Å². The lowest BCUT2D eigenvalue weighted by Gasteiger charge is -1.94. The minimum absolute atomic E-state index is 0.275. The molecule has 3 heteroatoms. The lowest BCUT2D eigenvalue weighted by molar-refractivity contribution is -0.137. The maximum atomic E-state index is 10.0. The van der Waals surface area contributed by atoms with Crippen molar-refractivity contribution in [2.24, 2.45) is 5.92 Å². The summed E-state index contributed by atoms with van der Waals surface area (Å²) in [6.45, 7) is 3.77. The minimum atomic E-state index is -0.713. The number of carbonyl (C=O) groups excluding carboxylic acids is 1. The van der Waals surface area contributed by atoms with E-state index in [4.69, 9.17) is 5.11 Å². The van der Waals surface area contributed by atoms with Gasteiger partial charge in [-0.15, -0.1) is 0 Å². The van der Waals surface area contributed by atoms with E-state index in [0.717, 1.165) is 11.8 Å². The number of carboxylic acid groups (broad SMARTS) is 1. The molecule has 0 fully saturated rings. The second kappa shape index (κ2) is 7.74. The van der Waals surface area contributed by atoms with E-state index in [2.05, 4.69) is 0 Å². The first kappa shape index (κ1) is 13.4. The van der Waals surface area contributed by atoms with E-state index in [1.54, 1.807) is 12.1 Å². The van der Waals surface area contributed by atoms with E-state index in [1.807, 2.05) is 32.0 Å². The largest absolute Gasteiger partial charge is 0.481 e. The molecule has 0 heterocycles. The zero-order chi connectivity index (χ0) is 11.7. The van der Waals surface area contributed by atoms with Crippen LogP contribution in [0.5, 0.6) is 0 Å². The van der Waals surface area contributed by atoms with Crippen LogP contribution < -0.4 is 0 Å². The third-order valence-corrected chi connectivity index (χ3v) is 1.52. The second-order valence-corrected chi connectivity index (χ2v) is 3.52. The standard InChI is InChI=1S/C7H6O.C5H10O2/c8-6-7-4-2-1-3-5-7;1-4(2)3-5(6)7/h1-6H;4H,3H2,1-2H3,(H,6,7). The Morgan fingerprint density at radius 2 is 1.87 bits per heavy atom. The summed E-state index contributed by atoms with van der Waals surface area (Å²) in [5.74, 6) is -0.438. The highest BCUT2D eigenvalue weighted by Gasteiger charge is 1.98. The monoisotopic (exact) mass is 208 g/mol. The van der Waals surface area contributed by atoms with Crippen molar-refractivity contribution in [3.63, 3.8) is 0 Å². The fraction of sp³-hybridized carbons (Fsp3) is 0.333. The molecule has 1 aromatic carbocycles. The highest BCUT2D eigenvalue weighted by atomic mass is 16.4. The summed E-state index contributed by atoms with van der Waals surface area (Å²) in [6, 6.07) is 9.10. The summed E-state index contributed by atoms with van der Waals surface area (Å²) in [6.07, 6.45) is 1.11. The lowest BCUT2D eigenvalue weighted by Crippen LogP contribution is -1.99. The third kappa shape index (κ3) is 8.68. The van der Waals surface area contributed by atoms with Crippen LogP contribution in [-0.4, -0.2) is 17.4 Å². The summed E-state index contributed by atoms with van der Waals surface area (Å²) < 4.78 is 0. The van der Waals surface area contributed by atoms with Gasteiger partial charge in [0.1, 0.15) is 6.29 Å². The first-order valence-electron chi connectivity index (χ1n) is 4.78. The van der Waals surface area contributed by atoms with Crippen molar-refractivity contribution >= 4 is 12.3 Å². The van der Waals surface area contributed by atoms with Crippen LogP contribution in [0.3, 0.4) is 0 Å². The predicted octanol–water partition coefficient (Wildman–Crippen LogP) is 2.62. The molecule has 15 heavy (non-hydrogen) atoms. The van der Waals surface area contributed by atoms with E-state index in [0.29, 0.717) is 0 Å². The Labute approximate surface area is 89.7 Å². The highest BCUT2D eigenvalue weighted by Crippen LogP contribution is 1.96. The fourth-order valence-corrected chi connectivity index (χ4v) is 0.881. The number of aliphatic carboxylic acids is 1. The number of rotatable bonds is 3. The summed E-state index contributed by atoms with van der Waals surface area (Å²) in [7, 11) is 0. The van der Waals surface area contributed by atoms with Crippen LogP contribution >= 0.6 is 0 Å². The van der Waals surface area contributed by atoms with Gasteiger partial charge in [0.25, 0.3) is 0 Å². The molecule has 0 atom stereocenters. The van der Waals surface area contributed by atoms with E-state index in [1.165, 1.54) is 0 Å². The molecule has 3 nitrogen and oxygen atoms in total. The van der Waals surface area contributed by atoms with Crippen LogP contribution in [0.25, 0.3) is 0 Å². The van der Waals surface area contributed by atoms with Crippen LogP contribution in [0, 0.1) is 5.92 Å². The molecule has 0 bridgehead atoms. The fourth-order valence-electron chi connectivity index (χ4n) is 0.881. The molecule has 0 aromatic heterocycles. The summed E-state index contributed by atoms with van der Waals surface area (Å²) in [4.78, 5) is 19.8.